The molecule has 0 aliphatic carbocycles. The zero-order valence-corrected chi connectivity index (χ0v) is 19.0. The van der Waals surface area contributed by atoms with Crippen molar-refractivity contribution < 1.29 is 9.59 Å². The van der Waals surface area contributed by atoms with Gasteiger partial charge < -0.3 is 10.2 Å². The highest BCUT2D eigenvalue weighted by Crippen LogP contribution is 2.25. The number of hydrogen-bond acceptors (Lipinski definition) is 6. The second-order valence-electron chi connectivity index (χ2n) is 8.93. The molecule has 0 radical (unpaired) electrons. The summed E-state index contributed by atoms with van der Waals surface area (Å²) in [5.74, 6) is 1.66. The van der Waals surface area contributed by atoms with Crippen molar-refractivity contribution in [3.05, 3.63) is 47.4 Å². The lowest BCUT2D eigenvalue weighted by Gasteiger charge is -2.32. The number of Topliss-reactive ketones (excluding diaryl/α,β-unsaturated/α-hetero) is 1. The molecule has 0 unspecified atom stereocenters. The summed E-state index contributed by atoms with van der Waals surface area (Å²) in [6, 6.07) is 7.50. The van der Waals surface area contributed by atoms with Crippen molar-refractivity contribution in [2.45, 2.75) is 65.3 Å². The third kappa shape index (κ3) is 6.32. The minimum Gasteiger partial charge on any atom is -0.355 e. The summed E-state index contributed by atoms with van der Waals surface area (Å²) in [6.45, 7) is 9.83. The van der Waals surface area contributed by atoms with Gasteiger partial charge in [-0.1, -0.05) is 19.9 Å². The maximum Gasteiger partial charge on any atom is 0.271 e. The molecule has 1 N–H and O–H groups in total. The van der Waals surface area contributed by atoms with E-state index in [4.69, 9.17) is 0 Å². The van der Waals surface area contributed by atoms with Gasteiger partial charge in [0.15, 0.2) is 17.3 Å². The molecule has 7 nitrogen and oxygen atoms in total. The standard InChI is InChI=1S/C24H33N5O2/c1-16(2)19-6-7-20(25-15-19)22(30)9-5-18-11-13-29(14-12-18)23-10-8-21(27-28-23)24(31)26-17(3)4/h6-8,10,15-18H,5,9,11-14H2,1-4H3,(H,26,31). The first-order chi connectivity index (χ1) is 14.8. The lowest BCUT2D eigenvalue weighted by molar-refractivity contribution is 0.0935. The van der Waals surface area contributed by atoms with Crippen LogP contribution in [-0.4, -0.2) is 46.0 Å². The maximum atomic E-state index is 12.5. The molecule has 1 amide bonds. The Bertz CT molecular complexity index is 870. The van der Waals surface area contributed by atoms with Gasteiger partial charge in [0, 0.05) is 31.7 Å². The average molecular weight is 424 g/mol. The fraction of sp³-hybridized carbons (Fsp3) is 0.542. The zero-order chi connectivity index (χ0) is 22.4. The Labute approximate surface area is 184 Å². The minimum absolute atomic E-state index is 0.0649. The predicted molar refractivity (Wildman–Crippen MR) is 121 cm³/mol. The fourth-order valence-electron chi connectivity index (χ4n) is 3.78. The molecule has 0 bridgehead atoms. The van der Waals surface area contributed by atoms with E-state index >= 15 is 0 Å². The van der Waals surface area contributed by atoms with Crippen molar-refractivity contribution in [2.75, 3.05) is 18.0 Å². The number of carbonyl (C=O) groups is 2. The van der Waals surface area contributed by atoms with E-state index in [0.717, 1.165) is 43.7 Å². The zero-order valence-electron chi connectivity index (χ0n) is 19.0. The van der Waals surface area contributed by atoms with E-state index in [1.54, 1.807) is 6.07 Å². The molecule has 1 saturated heterocycles. The Morgan fingerprint density at radius 2 is 1.74 bits per heavy atom. The van der Waals surface area contributed by atoms with Crippen molar-refractivity contribution in [3.63, 3.8) is 0 Å². The monoisotopic (exact) mass is 423 g/mol. The summed E-state index contributed by atoms with van der Waals surface area (Å²) >= 11 is 0. The van der Waals surface area contributed by atoms with Crippen LogP contribution in [0.4, 0.5) is 5.82 Å². The number of carbonyl (C=O) groups excluding carboxylic acids is 2. The first kappa shape index (κ1) is 22.8. The highest BCUT2D eigenvalue weighted by molar-refractivity contribution is 5.94. The summed E-state index contributed by atoms with van der Waals surface area (Å²) in [4.78, 5) is 31.0. The predicted octanol–water partition coefficient (Wildman–Crippen LogP) is 4.01. The molecule has 1 aliphatic heterocycles. The molecule has 3 heterocycles. The van der Waals surface area contributed by atoms with Crippen LogP contribution in [-0.2, 0) is 0 Å². The number of rotatable bonds is 8. The Kier molecular flexibility index (Phi) is 7.71. The highest BCUT2D eigenvalue weighted by Gasteiger charge is 2.22. The SMILES string of the molecule is CC(C)NC(=O)c1ccc(N2CCC(CCC(=O)c3ccc(C(C)C)cn3)CC2)nn1. The van der Waals surface area contributed by atoms with Crippen LogP contribution in [0.1, 0.15) is 85.8 Å². The molecule has 0 atom stereocenters. The quantitative estimate of drug-likeness (QED) is 0.646. The number of anilines is 1. The van der Waals surface area contributed by atoms with Crippen molar-refractivity contribution in [3.8, 4) is 0 Å². The summed E-state index contributed by atoms with van der Waals surface area (Å²) in [6.07, 6.45) is 5.28. The Morgan fingerprint density at radius 3 is 2.29 bits per heavy atom. The van der Waals surface area contributed by atoms with Crippen LogP contribution in [0.5, 0.6) is 0 Å². The molecule has 166 valence electrons. The number of piperidine rings is 1. The third-order valence-corrected chi connectivity index (χ3v) is 5.76. The second kappa shape index (κ2) is 10.5. The van der Waals surface area contributed by atoms with Gasteiger partial charge in [0.05, 0.1) is 0 Å². The highest BCUT2D eigenvalue weighted by atomic mass is 16.2. The summed E-state index contributed by atoms with van der Waals surface area (Å²) < 4.78 is 0. The van der Waals surface area contributed by atoms with Crippen LogP contribution >= 0.6 is 0 Å². The first-order valence-electron chi connectivity index (χ1n) is 11.2. The number of pyridine rings is 1. The number of nitrogens with zero attached hydrogens (tertiary/aromatic N) is 4. The van der Waals surface area contributed by atoms with Gasteiger partial charge in [-0.15, -0.1) is 10.2 Å². The lowest BCUT2D eigenvalue weighted by atomic mass is 9.91. The number of amides is 1. The van der Waals surface area contributed by atoms with Crippen molar-refractivity contribution in [1.82, 2.24) is 20.5 Å². The van der Waals surface area contributed by atoms with Gasteiger partial charge >= 0.3 is 0 Å². The van der Waals surface area contributed by atoms with Crippen LogP contribution in [0.15, 0.2) is 30.5 Å². The third-order valence-electron chi connectivity index (χ3n) is 5.76. The molecule has 2 aromatic heterocycles. The van der Waals surface area contributed by atoms with Gasteiger partial charge in [-0.2, -0.15) is 0 Å². The van der Waals surface area contributed by atoms with E-state index in [2.05, 4.69) is 39.2 Å². The van der Waals surface area contributed by atoms with E-state index in [0.29, 0.717) is 29.6 Å². The van der Waals surface area contributed by atoms with E-state index < -0.39 is 0 Å². The molecular weight excluding hydrogens is 390 g/mol. The Balaban J connectivity index is 1.45. The second-order valence-corrected chi connectivity index (χ2v) is 8.93. The van der Waals surface area contributed by atoms with Crippen molar-refractivity contribution in [1.29, 1.82) is 0 Å². The number of aromatic nitrogens is 3. The topological polar surface area (TPSA) is 88.1 Å². The Hall–Kier alpha value is -2.83. The van der Waals surface area contributed by atoms with Gasteiger partial charge in [-0.3, -0.25) is 14.6 Å². The maximum absolute atomic E-state index is 12.5. The summed E-state index contributed by atoms with van der Waals surface area (Å²) in [7, 11) is 0. The molecule has 3 rings (SSSR count). The number of hydrogen-bond donors (Lipinski definition) is 1. The van der Waals surface area contributed by atoms with Gasteiger partial charge in [-0.05, 0) is 68.7 Å². The normalized spacial score (nSPS) is 14.8. The fourth-order valence-corrected chi connectivity index (χ4v) is 3.78. The molecule has 0 aromatic carbocycles. The lowest BCUT2D eigenvalue weighted by Crippen LogP contribution is -2.35. The van der Waals surface area contributed by atoms with Crippen LogP contribution in [0.3, 0.4) is 0 Å². The van der Waals surface area contributed by atoms with Gasteiger partial charge in [0.2, 0.25) is 0 Å². The minimum atomic E-state index is -0.203. The van der Waals surface area contributed by atoms with Crippen LogP contribution in [0.25, 0.3) is 0 Å². The molecule has 7 heteroatoms. The molecule has 2 aromatic rings. The van der Waals surface area contributed by atoms with E-state index in [9.17, 15) is 9.59 Å². The van der Waals surface area contributed by atoms with E-state index in [1.165, 1.54) is 0 Å². The number of nitrogens with one attached hydrogen (secondary N) is 1. The summed E-state index contributed by atoms with van der Waals surface area (Å²) in [5.41, 5.74) is 2.06. The molecule has 0 spiro atoms. The van der Waals surface area contributed by atoms with Gasteiger partial charge in [-0.25, -0.2) is 0 Å². The summed E-state index contributed by atoms with van der Waals surface area (Å²) in [5, 5.41) is 11.1. The van der Waals surface area contributed by atoms with Crippen molar-refractivity contribution >= 4 is 17.5 Å². The van der Waals surface area contributed by atoms with Crippen LogP contribution in [0, 0.1) is 5.92 Å². The molecule has 0 saturated carbocycles. The van der Waals surface area contributed by atoms with Crippen LogP contribution in [0.2, 0.25) is 0 Å². The molecule has 1 aliphatic rings. The smallest absolute Gasteiger partial charge is 0.271 e. The molecule has 31 heavy (non-hydrogen) atoms. The van der Waals surface area contributed by atoms with E-state index in [-0.39, 0.29) is 17.7 Å². The van der Waals surface area contributed by atoms with Crippen molar-refractivity contribution in [2.24, 2.45) is 5.92 Å². The molecular formula is C24H33N5O2. The van der Waals surface area contributed by atoms with Crippen LogP contribution < -0.4 is 10.2 Å². The largest absolute Gasteiger partial charge is 0.355 e. The average Bonchev–Trinajstić information content (AvgIpc) is 2.77. The van der Waals surface area contributed by atoms with Gasteiger partial charge in [0.1, 0.15) is 5.69 Å². The van der Waals surface area contributed by atoms with Gasteiger partial charge in [0.25, 0.3) is 5.91 Å². The van der Waals surface area contributed by atoms with E-state index in [1.807, 2.05) is 38.2 Å². The Morgan fingerprint density at radius 1 is 1.03 bits per heavy atom. The molecule has 1 fully saturated rings. The number of ketones is 1. The first-order valence-corrected chi connectivity index (χ1v) is 11.2.